The smallest absolute Gasteiger partial charge is 0.316 e. The van der Waals surface area contributed by atoms with E-state index in [9.17, 15) is 9.18 Å². The van der Waals surface area contributed by atoms with Crippen molar-refractivity contribution in [2.45, 2.75) is 12.5 Å². The number of carbonyl (C=O) groups excluding carboxylic acids is 1. The van der Waals surface area contributed by atoms with Crippen LogP contribution >= 0.6 is 15.9 Å². The number of ether oxygens (including phenoxy) is 2. The number of likely N-dealkylation sites (tertiary alicyclic amines) is 1. The van der Waals surface area contributed by atoms with Crippen molar-refractivity contribution in [1.82, 2.24) is 14.9 Å². The van der Waals surface area contributed by atoms with E-state index < -0.39 is 0 Å². The van der Waals surface area contributed by atoms with Crippen LogP contribution in [-0.2, 0) is 4.79 Å². The van der Waals surface area contributed by atoms with E-state index in [1.807, 2.05) is 0 Å². The van der Waals surface area contributed by atoms with Crippen LogP contribution in [0.25, 0.3) is 0 Å². The number of hydrogen-bond acceptors (Lipinski definition) is 5. The molecule has 1 atom stereocenters. The summed E-state index contributed by atoms with van der Waals surface area (Å²) in [5, 5.41) is 0. The molecule has 6 nitrogen and oxygen atoms in total. The maximum atomic E-state index is 12.8. The Labute approximate surface area is 146 Å². The van der Waals surface area contributed by atoms with Crippen LogP contribution in [0.4, 0.5) is 4.39 Å². The number of benzene rings is 1. The van der Waals surface area contributed by atoms with Gasteiger partial charge >= 0.3 is 6.01 Å². The summed E-state index contributed by atoms with van der Waals surface area (Å²) in [6.07, 6.45) is 3.79. The molecule has 1 amide bonds. The molecule has 1 saturated heterocycles. The molecule has 0 spiro atoms. The van der Waals surface area contributed by atoms with Crippen molar-refractivity contribution < 1.29 is 18.7 Å². The number of nitrogens with zero attached hydrogens (tertiary/aromatic N) is 3. The number of amides is 1. The highest BCUT2D eigenvalue weighted by atomic mass is 79.9. The predicted octanol–water partition coefficient (Wildman–Crippen LogP) is 2.44. The maximum absolute atomic E-state index is 12.8. The minimum Gasteiger partial charge on any atom is -0.484 e. The van der Waals surface area contributed by atoms with Gasteiger partial charge in [-0.05, 0) is 40.2 Å². The van der Waals surface area contributed by atoms with Crippen molar-refractivity contribution in [3.05, 3.63) is 46.9 Å². The lowest BCUT2D eigenvalue weighted by atomic mass is 10.3. The third kappa shape index (κ3) is 4.41. The molecule has 0 radical (unpaired) electrons. The largest absolute Gasteiger partial charge is 0.484 e. The van der Waals surface area contributed by atoms with Crippen LogP contribution in [0.1, 0.15) is 6.42 Å². The molecular formula is C16H15BrFN3O3. The van der Waals surface area contributed by atoms with Gasteiger partial charge in [-0.2, -0.15) is 0 Å². The number of carbonyl (C=O) groups is 1. The molecule has 1 aromatic carbocycles. The van der Waals surface area contributed by atoms with Crippen LogP contribution in [-0.4, -0.2) is 46.6 Å². The van der Waals surface area contributed by atoms with Crippen LogP contribution < -0.4 is 9.47 Å². The van der Waals surface area contributed by atoms with Crippen molar-refractivity contribution in [3.8, 4) is 11.8 Å². The van der Waals surface area contributed by atoms with Gasteiger partial charge in [0.05, 0.1) is 11.0 Å². The van der Waals surface area contributed by atoms with Gasteiger partial charge in [0.2, 0.25) is 0 Å². The molecule has 2 aromatic rings. The van der Waals surface area contributed by atoms with Crippen molar-refractivity contribution in [2.24, 2.45) is 0 Å². The van der Waals surface area contributed by atoms with E-state index in [-0.39, 0.29) is 24.4 Å². The summed E-state index contributed by atoms with van der Waals surface area (Å²) in [6, 6.07) is 5.85. The van der Waals surface area contributed by atoms with Gasteiger partial charge in [-0.25, -0.2) is 14.4 Å². The second kappa shape index (κ2) is 7.57. The summed E-state index contributed by atoms with van der Waals surface area (Å²) in [4.78, 5) is 21.9. The van der Waals surface area contributed by atoms with E-state index in [0.717, 1.165) is 4.47 Å². The third-order valence-corrected chi connectivity index (χ3v) is 3.95. The zero-order valence-corrected chi connectivity index (χ0v) is 14.3. The van der Waals surface area contributed by atoms with E-state index in [0.29, 0.717) is 31.3 Å². The van der Waals surface area contributed by atoms with Crippen molar-refractivity contribution >= 4 is 21.8 Å². The first-order valence-electron chi connectivity index (χ1n) is 7.40. The molecule has 1 aromatic heterocycles. The highest BCUT2D eigenvalue weighted by Gasteiger charge is 2.28. The second-order valence-corrected chi connectivity index (χ2v) is 6.21. The fourth-order valence-electron chi connectivity index (χ4n) is 2.33. The van der Waals surface area contributed by atoms with Crippen molar-refractivity contribution in [1.29, 1.82) is 0 Å². The molecule has 1 aliphatic rings. The Balaban J connectivity index is 1.46. The van der Waals surface area contributed by atoms with Gasteiger partial charge in [-0.1, -0.05) is 0 Å². The molecular weight excluding hydrogens is 381 g/mol. The van der Waals surface area contributed by atoms with Crippen molar-refractivity contribution in [3.63, 3.8) is 0 Å². The van der Waals surface area contributed by atoms with Gasteiger partial charge in [0.15, 0.2) is 6.61 Å². The van der Waals surface area contributed by atoms with Crippen LogP contribution in [0, 0.1) is 5.82 Å². The van der Waals surface area contributed by atoms with E-state index in [4.69, 9.17) is 9.47 Å². The van der Waals surface area contributed by atoms with Gasteiger partial charge in [0.25, 0.3) is 5.91 Å². The van der Waals surface area contributed by atoms with Crippen LogP contribution in [0.3, 0.4) is 0 Å². The predicted molar refractivity (Wildman–Crippen MR) is 87.2 cm³/mol. The molecule has 0 bridgehead atoms. The van der Waals surface area contributed by atoms with Gasteiger partial charge in [-0.3, -0.25) is 4.79 Å². The summed E-state index contributed by atoms with van der Waals surface area (Å²) >= 11 is 3.26. The zero-order valence-electron chi connectivity index (χ0n) is 12.7. The third-order valence-electron chi connectivity index (χ3n) is 3.54. The molecule has 24 heavy (non-hydrogen) atoms. The minimum atomic E-state index is -0.344. The standard InChI is InChI=1S/C16H15BrFN3O3/c17-11-7-19-16(20-8-11)24-14-5-6-21(9-14)15(22)10-23-13-3-1-12(18)2-4-13/h1-4,7-8,14H,5-6,9-10H2/t14-/m1/s1. The van der Waals surface area contributed by atoms with Gasteiger partial charge < -0.3 is 14.4 Å². The second-order valence-electron chi connectivity index (χ2n) is 5.29. The lowest BCUT2D eigenvalue weighted by Crippen LogP contribution is -2.34. The average Bonchev–Trinajstić information content (AvgIpc) is 3.05. The molecule has 1 fully saturated rings. The van der Waals surface area contributed by atoms with Gasteiger partial charge in [-0.15, -0.1) is 0 Å². The molecule has 0 saturated carbocycles. The molecule has 8 heteroatoms. The molecule has 1 aliphatic heterocycles. The number of aromatic nitrogens is 2. The summed E-state index contributed by atoms with van der Waals surface area (Å²) in [6.45, 7) is 0.963. The van der Waals surface area contributed by atoms with E-state index in [2.05, 4.69) is 25.9 Å². The summed E-state index contributed by atoms with van der Waals surface area (Å²) in [5.41, 5.74) is 0. The summed E-state index contributed by atoms with van der Waals surface area (Å²) in [7, 11) is 0. The Morgan fingerprint density at radius 3 is 2.71 bits per heavy atom. The normalized spacial score (nSPS) is 16.9. The first-order valence-corrected chi connectivity index (χ1v) is 8.20. The molecule has 0 aliphatic carbocycles. The fraction of sp³-hybridized carbons (Fsp3) is 0.312. The van der Waals surface area contributed by atoms with E-state index in [1.54, 1.807) is 17.3 Å². The maximum Gasteiger partial charge on any atom is 0.316 e. The van der Waals surface area contributed by atoms with E-state index in [1.165, 1.54) is 24.3 Å². The highest BCUT2D eigenvalue weighted by Crippen LogP contribution is 2.17. The Bertz CT molecular complexity index is 697. The minimum absolute atomic E-state index is 0.0901. The molecule has 2 heterocycles. The molecule has 0 unspecified atom stereocenters. The first-order chi connectivity index (χ1) is 11.6. The van der Waals surface area contributed by atoms with Gasteiger partial charge in [0, 0.05) is 25.4 Å². The Morgan fingerprint density at radius 1 is 1.29 bits per heavy atom. The van der Waals surface area contributed by atoms with E-state index >= 15 is 0 Å². The number of halogens is 2. The van der Waals surface area contributed by atoms with Gasteiger partial charge in [0.1, 0.15) is 17.7 Å². The topological polar surface area (TPSA) is 64.5 Å². The first kappa shape index (κ1) is 16.6. The number of hydrogen-bond donors (Lipinski definition) is 0. The zero-order chi connectivity index (χ0) is 16.9. The summed E-state index contributed by atoms with van der Waals surface area (Å²) < 4.78 is 24.6. The fourth-order valence-corrected chi connectivity index (χ4v) is 2.53. The SMILES string of the molecule is O=C(COc1ccc(F)cc1)N1CC[C@@H](Oc2ncc(Br)cn2)C1. The van der Waals surface area contributed by atoms with Crippen molar-refractivity contribution in [2.75, 3.05) is 19.7 Å². The number of rotatable bonds is 5. The molecule has 126 valence electrons. The average molecular weight is 396 g/mol. The molecule has 0 N–H and O–H groups in total. The Kier molecular flexibility index (Phi) is 5.24. The molecule has 3 rings (SSSR count). The lowest BCUT2D eigenvalue weighted by Gasteiger charge is -2.17. The lowest BCUT2D eigenvalue weighted by molar-refractivity contribution is -0.132. The summed E-state index contributed by atoms with van der Waals surface area (Å²) in [5.74, 6) is -0.0227. The quantitative estimate of drug-likeness (QED) is 0.777. The van der Waals surface area contributed by atoms with Crippen LogP contribution in [0.2, 0.25) is 0 Å². The highest BCUT2D eigenvalue weighted by molar-refractivity contribution is 9.10. The van der Waals surface area contributed by atoms with Crippen LogP contribution in [0.15, 0.2) is 41.1 Å². The monoisotopic (exact) mass is 395 g/mol. The Hall–Kier alpha value is -2.22. The van der Waals surface area contributed by atoms with Crippen LogP contribution in [0.5, 0.6) is 11.8 Å². The Morgan fingerprint density at radius 2 is 2.00 bits per heavy atom.